The van der Waals surface area contributed by atoms with Crippen LogP contribution in [0.1, 0.15) is 36.1 Å². The molecule has 0 aromatic carbocycles. The van der Waals surface area contributed by atoms with Gasteiger partial charge in [0.2, 0.25) is 0 Å². The van der Waals surface area contributed by atoms with Crippen molar-refractivity contribution in [2.45, 2.75) is 26.3 Å². The Morgan fingerprint density at radius 3 is 2.90 bits per heavy atom. The highest BCUT2D eigenvalue weighted by Gasteiger charge is 2.14. The standard InChI is InChI=1S/C15H18BrN3O/c1-11(2)19-10-12(16)9-14(19)15(20)18-8-6-13-5-3-4-7-17-13/h3-5,7,9-11H,6,8H2,1-2H3,(H,18,20). The van der Waals surface area contributed by atoms with Crippen molar-refractivity contribution in [1.29, 1.82) is 0 Å². The molecule has 20 heavy (non-hydrogen) atoms. The molecule has 0 fully saturated rings. The lowest BCUT2D eigenvalue weighted by Gasteiger charge is -2.12. The minimum Gasteiger partial charge on any atom is -0.350 e. The van der Waals surface area contributed by atoms with Gasteiger partial charge in [0, 0.05) is 41.6 Å². The molecule has 1 amide bonds. The summed E-state index contributed by atoms with van der Waals surface area (Å²) >= 11 is 3.41. The van der Waals surface area contributed by atoms with Crippen molar-refractivity contribution in [2.24, 2.45) is 0 Å². The van der Waals surface area contributed by atoms with Crippen molar-refractivity contribution in [1.82, 2.24) is 14.9 Å². The highest BCUT2D eigenvalue weighted by Crippen LogP contribution is 2.19. The Balaban J connectivity index is 1.95. The van der Waals surface area contributed by atoms with Crippen LogP contribution >= 0.6 is 15.9 Å². The third-order valence-corrected chi connectivity index (χ3v) is 3.43. The van der Waals surface area contributed by atoms with E-state index >= 15 is 0 Å². The normalized spacial score (nSPS) is 10.8. The van der Waals surface area contributed by atoms with E-state index < -0.39 is 0 Å². The molecule has 2 rings (SSSR count). The third kappa shape index (κ3) is 3.70. The molecule has 106 valence electrons. The maximum Gasteiger partial charge on any atom is 0.267 e. The Morgan fingerprint density at radius 1 is 1.45 bits per heavy atom. The summed E-state index contributed by atoms with van der Waals surface area (Å²) in [5.74, 6) is -0.0552. The number of hydrogen-bond acceptors (Lipinski definition) is 2. The van der Waals surface area contributed by atoms with Gasteiger partial charge in [0.25, 0.3) is 5.91 Å². The average Bonchev–Trinajstić information content (AvgIpc) is 2.82. The molecule has 0 atom stereocenters. The summed E-state index contributed by atoms with van der Waals surface area (Å²) in [6, 6.07) is 7.88. The molecule has 0 aliphatic heterocycles. The summed E-state index contributed by atoms with van der Waals surface area (Å²) in [6.07, 6.45) is 4.42. The molecule has 2 aromatic rings. The van der Waals surface area contributed by atoms with Gasteiger partial charge >= 0.3 is 0 Å². The summed E-state index contributed by atoms with van der Waals surface area (Å²) in [6.45, 7) is 4.69. The Labute approximate surface area is 127 Å². The van der Waals surface area contributed by atoms with Crippen LogP contribution in [0.25, 0.3) is 0 Å². The van der Waals surface area contributed by atoms with E-state index in [0.29, 0.717) is 12.2 Å². The predicted molar refractivity (Wildman–Crippen MR) is 82.8 cm³/mol. The van der Waals surface area contributed by atoms with Crippen molar-refractivity contribution in [3.05, 3.63) is 52.5 Å². The van der Waals surface area contributed by atoms with Gasteiger partial charge in [-0.05, 0) is 48.0 Å². The second kappa shape index (κ2) is 6.70. The van der Waals surface area contributed by atoms with Gasteiger partial charge in [-0.3, -0.25) is 9.78 Å². The minimum atomic E-state index is -0.0552. The van der Waals surface area contributed by atoms with Gasteiger partial charge in [-0.15, -0.1) is 0 Å². The third-order valence-electron chi connectivity index (χ3n) is 3.00. The van der Waals surface area contributed by atoms with Crippen LogP contribution in [0.5, 0.6) is 0 Å². The number of pyridine rings is 1. The molecule has 0 spiro atoms. The van der Waals surface area contributed by atoms with E-state index in [2.05, 4.69) is 40.1 Å². The van der Waals surface area contributed by atoms with Gasteiger partial charge in [-0.25, -0.2) is 0 Å². The summed E-state index contributed by atoms with van der Waals surface area (Å²) in [4.78, 5) is 16.4. The number of aromatic nitrogens is 2. The van der Waals surface area contributed by atoms with Crippen LogP contribution in [0.4, 0.5) is 0 Å². The van der Waals surface area contributed by atoms with Crippen LogP contribution in [0, 0.1) is 0 Å². The topological polar surface area (TPSA) is 46.9 Å². The molecule has 2 aromatic heterocycles. The van der Waals surface area contributed by atoms with Crippen LogP contribution in [0.3, 0.4) is 0 Å². The molecule has 0 aliphatic rings. The molecule has 2 heterocycles. The van der Waals surface area contributed by atoms with Gasteiger partial charge < -0.3 is 9.88 Å². The first-order valence-corrected chi connectivity index (χ1v) is 7.42. The fourth-order valence-corrected chi connectivity index (χ4v) is 2.43. The number of hydrogen-bond donors (Lipinski definition) is 1. The first-order valence-electron chi connectivity index (χ1n) is 6.63. The molecule has 5 heteroatoms. The lowest BCUT2D eigenvalue weighted by Crippen LogP contribution is -2.28. The molecule has 0 saturated heterocycles. The fourth-order valence-electron chi connectivity index (χ4n) is 2.00. The molecule has 0 radical (unpaired) electrons. The maximum absolute atomic E-state index is 12.2. The number of halogens is 1. The Morgan fingerprint density at radius 2 is 2.25 bits per heavy atom. The number of carbonyl (C=O) groups excluding carboxylic acids is 1. The van der Waals surface area contributed by atoms with Crippen molar-refractivity contribution in [2.75, 3.05) is 6.54 Å². The van der Waals surface area contributed by atoms with Crippen LogP contribution in [-0.4, -0.2) is 22.0 Å². The summed E-state index contributed by atoms with van der Waals surface area (Å²) in [5.41, 5.74) is 1.65. The van der Waals surface area contributed by atoms with E-state index in [0.717, 1.165) is 16.6 Å². The van der Waals surface area contributed by atoms with Crippen molar-refractivity contribution < 1.29 is 4.79 Å². The predicted octanol–water partition coefficient (Wildman–Crippen LogP) is 3.20. The molecular weight excluding hydrogens is 318 g/mol. The first-order chi connectivity index (χ1) is 9.58. The zero-order valence-corrected chi connectivity index (χ0v) is 13.2. The van der Waals surface area contributed by atoms with Crippen LogP contribution < -0.4 is 5.32 Å². The maximum atomic E-state index is 12.2. The molecule has 0 saturated carbocycles. The van der Waals surface area contributed by atoms with Gasteiger partial charge in [0.15, 0.2) is 0 Å². The Kier molecular flexibility index (Phi) is 4.95. The number of carbonyl (C=O) groups is 1. The molecule has 4 nitrogen and oxygen atoms in total. The molecule has 0 aliphatic carbocycles. The van der Waals surface area contributed by atoms with Crippen molar-refractivity contribution in [3.63, 3.8) is 0 Å². The molecule has 0 bridgehead atoms. The van der Waals surface area contributed by atoms with E-state index in [9.17, 15) is 4.79 Å². The van der Waals surface area contributed by atoms with Crippen molar-refractivity contribution in [3.8, 4) is 0 Å². The van der Waals surface area contributed by atoms with E-state index in [4.69, 9.17) is 0 Å². The largest absolute Gasteiger partial charge is 0.350 e. The quantitative estimate of drug-likeness (QED) is 0.911. The van der Waals surface area contributed by atoms with Crippen LogP contribution in [-0.2, 0) is 6.42 Å². The zero-order chi connectivity index (χ0) is 14.5. The van der Waals surface area contributed by atoms with Gasteiger partial charge in [-0.2, -0.15) is 0 Å². The van der Waals surface area contributed by atoms with Crippen LogP contribution in [0.2, 0.25) is 0 Å². The van der Waals surface area contributed by atoms with E-state index in [1.165, 1.54) is 0 Å². The molecule has 0 unspecified atom stereocenters. The lowest BCUT2D eigenvalue weighted by molar-refractivity contribution is 0.0943. The van der Waals surface area contributed by atoms with Gasteiger partial charge in [0.05, 0.1) is 0 Å². The Bertz CT molecular complexity index is 578. The highest BCUT2D eigenvalue weighted by atomic mass is 79.9. The number of nitrogens with zero attached hydrogens (tertiary/aromatic N) is 2. The Hall–Kier alpha value is -1.62. The van der Waals surface area contributed by atoms with E-state index in [1.54, 1.807) is 6.20 Å². The molecular formula is C15H18BrN3O. The van der Waals surface area contributed by atoms with Gasteiger partial charge in [0.1, 0.15) is 5.69 Å². The second-order valence-electron chi connectivity index (χ2n) is 4.87. The summed E-state index contributed by atoms with van der Waals surface area (Å²) in [7, 11) is 0. The highest BCUT2D eigenvalue weighted by molar-refractivity contribution is 9.10. The number of rotatable bonds is 5. The number of amides is 1. The second-order valence-corrected chi connectivity index (χ2v) is 5.79. The van der Waals surface area contributed by atoms with Crippen LogP contribution in [0.15, 0.2) is 41.1 Å². The summed E-state index contributed by atoms with van der Waals surface area (Å²) < 4.78 is 2.88. The number of nitrogens with one attached hydrogen (secondary N) is 1. The fraction of sp³-hybridized carbons (Fsp3) is 0.333. The lowest BCUT2D eigenvalue weighted by atomic mass is 10.2. The first kappa shape index (κ1) is 14.8. The van der Waals surface area contributed by atoms with E-state index in [-0.39, 0.29) is 11.9 Å². The molecule has 1 N–H and O–H groups in total. The minimum absolute atomic E-state index is 0.0552. The SMILES string of the molecule is CC(C)n1cc(Br)cc1C(=O)NCCc1ccccn1. The summed E-state index contributed by atoms with van der Waals surface area (Å²) in [5, 5.41) is 2.94. The van der Waals surface area contributed by atoms with Gasteiger partial charge in [-0.1, -0.05) is 6.07 Å². The van der Waals surface area contributed by atoms with E-state index in [1.807, 2.05) is 35.0 Å². The monoisotopic (exact) mass is 335 g/mol. The average molecular weight is 336 g/mol. The zero-order valence-electron chi connectivity index (χ0n) is 11.6. The van der Waals surface area contributed by atoms with Crippen molar-refractivity contribution >= 4 is 21.8 Å². The smallest absolute Gasteiger partial charge is 0.267 e.